The van der Waals surface area contributed by atoms with Gasteiger partial charge < -0.3 is 5.32 Å². The zero-order chi connectivity index (χ0) is 8.72. The van der Waals surface area contributed by atoms with Crippen LogP contribution in [0.3, 0.4) is 0 Å². The van der Waals surface area contributed by atoms with Gasteiger partial charge in [0.15, 0.2) is 0 Å². The molecule has 0 aromatic heterocycles. The van der Waals surface area contributed by atoms with Gasteiger partial charge >= 0.3 is 0 Å². The summed E-state index contributed by atoms with van der Waals surface area (Å²) in [7, 11) is 0. The highest BCUT2D eigenvalue weighted by Gasteiger charge is 2.19. The van der Waals surface area contributed by atoms with Crippen LogP contribution in [0.5, 0.6) is 0 Å². The highest BCUT2D eigenvalue weighted by Crippen LogP contribution is 2.28. The quantitative estimate of drug-likeness (QED) is 0.720. The van der Waals surface area contributed by atoms with Crippen molar-refractivity contribution >= 4 is 34.2 Å². The van der Waals surface area contributed by atoms with Crippen LogP contribution >= 0.6 is 22.6 Å². The minimum Gasteiger partial charge on any atom is -0.325 e. The third-order valence-corrected chi connectivity index (χ3v) is 2.62. The molecule has 0 bridgehead atoms. The summed E-state index contributed by atoms with van der Waals surface area (Å²) in [6.45, 7) is 2.02. The number of amides is 1. The molecule has 0 atom stereocenters. The molecule has 1 aromatic carbocycles. The number of nitrogens with one attached hydrogen (secondary N) is 1. The number of halogens is 1. The Bertz CT molecular complexity index is 360. The Morgan fingerprint density at radius 1 is 1.50 bits per heavy atom. The summed E-state index contributed by atoms with van der Waals surface area (Å²) in [4.78, 5) is 11.0. The first-order chi connectivity index (χ1) is 5.66. The zero-order valence-corrected chi connectivity index (χ0v) is 8.81. The number of fused-ring (bicyclic) bond motifs is 1. The largest absolute Gasteiger partial charge is 0.325 e. The molecule has 3 heteroatoms. The SMILES string of the molecule is Cc1cc(I)cc2c1NC(=O)C2. The van der Waals surface area contributed by atoms with Crippen LogP contribution in [0.4, 0.5) is 5.69 Å². The van der Waals surface area contributed by atoms with Crippen molar-refractivity contribution in [3.63, 3.8) is 0 Å². The lowest BCUT2D eigenvalue weighted by Gasteiger charge is -2.03. The van der Waals surface area contributed by atoms with Gasteiger partial charge in [-0.05, 0) is 52.8 Å². The molecular formula is C9H8INO. The normalized spacial score (nSPS) is 14.3. The van der Waals surface area contributed by atoms with Gasteiger partial charge in [0.25, 0.3) is 0 Å². The van der Waals surface area contributed by atoms with Gasteiger partial charge in [-0.3, -0.25) is 4.79 Å². The Hall–Kier alpha value is -0.580. The number of rotatable bonds is 0. The Labute approximate surface area is 84.5 Å². The van der Waals surface area contributed by atoms with E-state index in [0.717, 1.165) is 16.8 Å². The van der Waals surface area contributed by atoms with E-state index < -0.39 is 0 Å². The Morgan fingerprint density at radius 3 is 3.00 bits per heavy atom. The number of hydrogen-bond acceptors (Lipinski definition) is 1. The molecule has 62 valence electrons. The molecule has 0 unspecified atom stereocenters. The Morgan fingerprint density at radius 2 is 2.25 bits per heavy atom. The van der Waals surface area contributed by atoms with E-state index in [1.165, 1.54) is 3.57 Å². The maximum atomic E-state index is 11.0. The molecule has 2 rings (SSSR count). The fourth-order valence-corrected chi connectivity index (χ4v) is 2.33. The van der Waals surface area contributed by atoms with Crippen molar-refractivity contribution in [1.29, 1.82) is 0 Å². The number of hydrogen-bond donors (Lipinski definition) is 1. The van der Waals surface area contributed by atoms with E-state index in [4.69, 9.17) is 0 Å². The Kier molecular flexibility index (Phi) is 1.83. The van der Waals surface area contributed by atoms with Crippen LogP contribution in [0.15, 0.2) is 12.1 Å². The van der Waals surface area contributed by atoms with E-state index in [1.54, 1.807) is 0 Å². The van der Waals surface area contributed by atoms with Crippen LogP contribution in [0.25, 0.3) is 0 Å². The minimum absolute atomic E-state index is 0.107. The molecule has 0 saturated carbocycles. The lowest BCUT2D eigenvalue weighted by molar-refractivity contribution is -0.115. The van der Waals surface area contributed by atoms with Gasteiger partial charge in [-0.25, -0.2) is 0 Å². The third-order valence-electron chi connectivity index (χ3n) is 2.00. The predicted octanol–water partition coefficient (Wildman–Crippen LogP) is 2.09. The van der Waals surface area contributed by atoms with Crippen molar-refractivity contribution in [2.24, 2.45) is 0 Å². The van der Waals surface area contributed by atoms with E-state index >= 15 is 0 Å². The van der Waals surface area contributed by atoms with E-state index in [-0.39, 0.29) is 5.91 Å². The summed E-state index contributed by atoms with van der Waals surface area (Å²) < 4.78 is 1.19. The highest BCUT2D eigenvalue weighted by atomic mass is 127. The zero-order valence-electron chi connectivity index (χ0n) is 6.65. The van der Waals surface area contributed by atoms with Crippen LogP contribution in [0.1, 0.15) is 11.1 Å². The molecule has 1 N–H and O–H groups in total. The smallest absolute Gasteiger partial charge is 0.228 e. The van der Waals surface area contributed by atoms with Gasteiger partial charge in [0.05, 0.1) is 6.42 Å². The number of benzene rings is 1. The van der Waals surface area contributed by atoms with E-state index in [9.17, 15) is 4.79 Å². The fourth-order valence-electron chi connectivity index (χ4n) is 1.49. The maximum Gasteiger partial charge on any atom is 0.228 e. The van der Waals surface area contributed by atoms with Gasteiger partial charge in [-0.15, -0.1) is 0 Å². The van der Waals surface area contributed by atoms with Crippen molar-refractivity contribution in [2.75, 3.05) is 5.32 Å². The summed E-state index contributed by atoms with van der Waals surface area (Å²) in [5, 5.41) is 2.85. The van der Waals surface area contributed by atoms with Gasteiger partial charge in [0, 0.05) is 9.26 Å². The molecule has 12 heavy (non-hydrogen) atoms. The minimum atomic E-state index is 0.107. The van der Waals surface area contributed by atoms with Crippen LogP contribution in [-0.4, -0.2) is 5.91 Å². The van der Waals surface area contributed by atoms with Gasteiger partial charge in [-0.2, -0.15) is 0 Å². The summed E-state index contributed by atoms with van der Waals surface area (Å²) in [5.74, 6) is 0.107. The average molecular weight is 273 g/mol. The number of carbonyl (C=O) groups excluding carboxylic acids is 1. The second-order valence-electron chi connectivity index (χ2n) is 2.98. The second-order valence-corrected chi connectivity index (χ2v) is 4.23. The van der Waals surface area contributed by atoms with Crippen molar-refractivity contribution in [1.82, 2.24) is 0 Å². The molecule has 1 amide bonds. The standard InChI is InChI=1S/C9H8INO/c1-5-2-7(10)3-6-4-8(12)11-9(5)6/h2-3H,4H2,1H3,(H,11,12). The lowest BCUT2D eigenvalue weighted by atomic mass is 10.1. The van der Waals surface area contributed by atoms with Crippen molar-refractivity contribution in [2.45, 2.75) is 13.3 Å². The van der Waals surface area contributed by atoms with Crippen LogP contribution < -0.4 is 5.32 Å². The van der Waals surface area contributed by atoms with Crippen LogP contribution in [-0.2, 0) is 11.2 Å². The molecular weight excluding hydrogens is 265 g/mol. The molecule has 0 fully saturated rings. The monoisotopic (exact) mass is 273 g/mol. The molecule has 0 radical (unpaired) electrons. The average Bonchev–Trinajstić information content (AvgIpc) is 2.29. The summed E-state index contributed by atoms with van der Waals surface area (Å²) >= 11 is 2.27. The van der Waals surface area contributed by atoms with Crippen molar-refractivity contribution in [3.8, 4) is 0 Å². The molecule has 0 spiro atoms. The first kappa shape index (κ1) is 8.04. The first-order valence-electron chi connectivity index (χ1n) is 3.75. The predicted molar refractivity (Wildman–Crippen MR) is 56.2 cm³/mol. The number of anilines is 1. The Balaban J connectivity index is 2.59. The van der Waals surface area contributed by atoms with Crippen molar-refractivity contribution in [3.05, 3.63) is 26.8 Å². The summed E-state index contributed by atoms with van der Waals surface area (Å²) in [6, 6.07) is 4.13. The fraction of sp³-hybridized carbons (Fsp3) is 0.222. The topological polar surface area (TPSA) is 29.1 Å². The molecule has 0 aliphatic carbocycles. The number of carbonyl (C=O) groups is 1. The number of aryl methyl sites for hydroxylation is 1. The molecule has 1 aliphatic heterocycles. The highest BCUT2D eigenvalue weighted by molar-refractivity contribution is 14.1. The van der Waals surface area contributed by atoms with Crippen LogP contribution in [0, 0.1) is 10.5 Å². The lowest BCUT2D eigenvalue weighted by Crippen LogP contribution is -2.04. The molecule has 1 heterocycles. The van der Waals surface area contributed by atoms with E-state index in [2.05, 4.69) is 40.0 Å². The van der Waals surface area contributed by atoms with E-state index in [0.29, 0.717) is 6.42 Å². The summed E-state index contributed by atoms with van der Waals surface area (Å²) in [5.41, 5.74) is 3.30. The van der Waals surface area contributed by atoms with E-state index in [1.807, 2.05) is 6.92 Å². The summed E-state index contributed by atoms with van der Waals surface area (Å²) in [6.07, 6.45) is 0.535. The molecule has 2 nitrogen and oxygen atoms in total. The van der Waals surface area contributed by atoms with Gasteiger partial charge in [-0.1, -0.05) is 0 Å². The van der Waals surface area contributed by atoms with Crippen molar-refractivity contribution < 1.29 is 4.79 Å². The molecule has 1 aliphatic rings. The van der Waals surface area contributed by atoms with Crippen LogP contribution in [0.2, 0.25) is 0 Å². The second kappa shape index (κ2) is 2.73. The van der Waals surface area contributed by atoms with Gasteiger partial charge in [0.2, 0.25) is 5.91 Å². The maximum absolute atomic E-state index is 11.0. The molecule has 0 saturated heterocycles. The third kappa shape index (κ3) is 1.22. The molecule has 1 aromatic rings. The first-order valence-corrected chi connectivity index (χ1v) is 4.83. The van der Waals surface area contributed by atoms with Gasteiger partial charge in [0.1, 0.15) is 0 Å².